The molecular formula is C12H17FN2O. The summed E-state index contributed by atoms with van der Waals surface area (Å²) in [6.07, 6.45) is 1.43. The lowest BCUT2D eigenvalue weighted by Gasteiger charge is -2.28. The summed E-state index contributed by atoms with van der Waals surface area (Å²) in [4.78, 5) is 0. The van der Waals surface area contributed by atoms with E-state index in [1.54, 1.807) is 6.07 Å². The number of aliphatic hydroxyl groups excluding tert-OH is 1. The standard InChI is InChI=1S/C12H17FN2O/c13-9-3-4-10(11(14)6-9)12(16)8-2-1-5-15-7-8/h3-4,6,8,12,15-16H,1-2,5,7,14H2. The molecule has 1 aromatic carbocycles. The predicted molar refractivity (Wildman–Crippen MR) is 61.4 cm³/mol. The average molecular weight is 224 g/mol. The average Bonchev–Trinajstić information content (AvgIpc) is 2.29. The first-order chi connectivity index (χ1) is 7.68. The Balaban J connectivity index is 2.15. The van der Waals surface area contributed by atoms with Crippen molar-refractivity contribution in [3.8, 4) is 0 Å². The van der Waals surface area contributed by atoms with Gasteiger partial charge in [-0.3, -0.25) is 0 Å². The van der Waals surface area contributed by atoms with E-state index in [9.17, 15) is 9.50 Å². The van der Waals surface area contributed by atoms with Crippen LogP contribution >= 0.6 is 0 Å². The molecule has 1 aromatic rings. The van der Waals surface area contributed by atoms with Crippen LogP contribution in [0.15, 0.2) is 18.2 Å². The molecule has 1 aliphatic heterocycles. The molecular weight excluding hydrogens is 207 g/mol. The quantitative estimate of drug-likeness (QED) is 0.666. The van der Waals surface area contributed by atoms with Gasteiger partial charge in [0.15, 0.2) is 0 Å². The van der Waals surface area contributed by atoms with Crippen LogP contribution < -0.4 is 11.1 Å². The molecule has 2 atom stereocenters. The summed E-state index contributed by atoms with van der Waals surface area (Å²) in [6, 6.07) is 4.17. The van der Waals surface area contributed by atoms with E-state index in [0.29, 0.717) is 11.3 Å². The first-order valence-corrected chi connectivity index (χ1v) is 5.62. The minimum atomic E-state index is -0.603. The number of halogens is 1. The molecule has 16 heavy (non-hydrogen) atoms. The Bertz CT molecular complexity index is 364. The van der Waals surface area contributed by atoms with Crippen molar-refractivity contribution in [1.82, 2.24) is 5.32 Å². The van der Waals surface area contributed by atoms with Gasteiger partial charge in [0.05, 0.1) is 6.10 Å². The summed E-state index contributed by atoms with van der Waals surface area (Å²) in [5.74, 6) is -0.197. The van der Waals surface area contributed by atoms with Gasteiger partial charge in [-0.05, 0) is 31.5 Å². The minimum Gasteiger partial charge on any atom is -0.398 e. The maximum absolute atomic E-state index is 12.9. The van der Waals surface area contributed by atoms with E-state index >= 15 is 0 Å². The number of aliphatic hydroxyl groups is 1. The fourth-order valence-corrected chi connectivity index (χ4v) is 2.22. The van der Waals surface area contributed by atoms with Crippen LogP contribution in [-0.4, -0.2) is 18.2 Å². The molecule has 0 spiro atoms. The zero-order valence-corrected chi connectivity index (χ0v) is 9.12. The lowest BCUT2D eigenvalue weighted by molar-refractivity contribution is 0.0927. The molecule has 1 saturated heterocycles. The molecule has 0 bridgehead atoms. The van der Waals surface area contributed by atoms with E-state index in [1.165, 1.54) is 12.1 Å². The first kappa shape index (κ1) is 11.4. The molecule has 0 aromatic heterocycles. The van der Waals surface area contributed by atoms with Crippen LogP contribution in [0.4, 0.5) is 10.1 Å². The van der Waals surface area contributed by atoms with E-state index in [1.807, 2.05) is 0 Å². The summed E-state index contributed by atoms with van der Waals surface area (Å²) in [5.41, 5.74) is 6.67. The van der Waals surface area contributed by atoms with Gasteiger partial charge in [0.2, 0.25) is 0 Å². The number of nitrogens with two attached hydrogens (primary N) is 1. The van der Waals surface area contributed by atoms with Crippen LogP contribution in [-0.2, 0) is 0 Å². The van der Waals surface area contributed by atoms with Crippen molar-refractivity contribution in [3.05, 3.63) is 29.6 Å². The van der Waals surface area contributed by atoms with Crippen molar-refractivity contribution in [2.45, 2.75) is 18.9 Å². The molecule has 4 N–H and O–H groups in total. The molecule has 0 radical (unpaired) electrons. The Morgan fingerprint density at radius 1 is 1.50 bits per heavy atom. The third kappa shape index (κ3) is 2.33. The van der Waals surface area contributed by atoms with Gasteiger partial charge in [-0.1, -0.05) is 6.07 Å². The molecule has 2 unspecified atom stereocenters. The van der Waals surface area contributed by atoms with E-state index in [2.05, 4.69) is 5.32 Å². The fraction of sp³-hybridized carbons (Fsp3) is 0.500. The van der Waals surface area contributed by atoms with Crippen LogP contribution in [0.2, 0.25) is 0 Å². The zero-order chi connectivity index (χ0) is 11.5. The second kappa shape index (κ2) is 4.80. The molecule has 3 nitrogen and oxygen atoms in total. The number of piperidine rings is 1. The lowest BCUT2D eigenvalue weighted by atomic mass is 9.89. The van der Waals surface area contributed by atoms with E-state index in [-0.39, 0.29) is 11.7 Å². The van der Waals surface area contributed by atoms with E-state index in [4.69, 9.17) is 5.73 Å². The molecule has 1 heterocycles. The lowest BCUT2D eigenvalue weighted by Crippen LogP contribution is -2.33. The maximum atomic E-state index is 12.9. The third-order valence-electron chi connectivity index (χ3n) is 3.15. The van der Waals surface area contributed by atoms with Crippen LogP contribution in [0, 0.1) is 11.7 Å². The summed E-state index contributed by atoms with van der Waals surface area (Å²) < 4.78 is 12.9. The van der Waals surface area contributed by atoms with Gasteiger partial charge in [-0.2, -0.15) is 0 Å². The number of benzene rings is 1. The maximum Gasteiger partial charge on any atom is 0.125 e. The van der Waals surface area contributed by atoms with Gasteiger partial charge in [-0.15, -0.1) is 0 Å². The second-order valence-corrected chi connectivity index (χ2v) is 4.32. The van der Waals surface area contributed by atoms with Crippen molar-refractivity contribution in [3.63, 3.8) is 0 Å². The smallest absolute Gasteiger partial charge is 0.125 e. The van der Waals surface area contributed by atoms with Gasteiger partial charge in [-0.25, -0.2) is 4.39 Å². The van der Waals surface area contributed by atoms with Crippen LogP contribution in [0.3, 0.4) is 0 Å². The number of nitrogen functional groups attached to an aromatic ring is 1. The van der Waals surface area contributed by atoms with Crippen molar-refractivity contribution in [1.29, 1.82) is 0 Å². The number of hydrogen-bond donors (Lipinski definition) is 3. The number of hydrogen-bond acceptors (Lipinski definition) is 3. The summed E-state index contributed by atoms with van der Waals surface area (Å²) in [5, 5.41) is 13.4. The summed E-state index contributed by atoms with van der Waals surface area (Å²) in [7, 11) is 0. The Morgan fingerprint density at radius 3 is 2.94 bits per heavy atom. The third-order valence-corrected chi connectivity index (χ3v) is 3.15. The number of rotatable bonds is 2. The van der Waals surface area contributed by atoms with E-state index in [0.717, 1.165) is 25.9 Å². The molecule has 1 fully saturated rings. The molecule has 0 saturated carbocycles. The van der Waals surface area contributed by atoms with Gasteiger partial charge < -0.3 is 16.2 Å². The molecule has 0 aliphatic carbocycles. The monoisotopic (exact) mass is 224 g/mol. The Hall–Kier alpha value is -1.13. The van der Waals surface area contributed by atoms with Gasteiger partial charge in [0.1, 0.15) is 5.82 Å². The highest BCUT2D eigenvalue weighted by Crippen LogP contribution is 2.30. The van der Waals surface area contributed by atoms with Crippen molar-refractivity contribution < 1.29 is 9.50 Å². The summed E-state index contributed by atoms with van der Waals surface area (Å²) >= 11 is 0. The molecule has 2 rings (SSSR count). The van der Waals surface area contributed by atoms with Crippen molar-refractivity contribution in [2.75, 3.05) is 18.8 Å². The normalized spacial score (nSPS) is 23.0. The SMILES string of the molecule is Nc1cc(F)ccc1C(O)C1CCCNC1. The van der Waals surface area contributed by atoms with Gasteiger partial charge >= 0.3 is 0 Å². The Kier molecular flexibility index (Phi) is 3.41. The molecule has 0 amide bonds. The van der Waals surface area contributed by atoms with Gasteiger partial charge in [0, 0.05) is 23.7 Å². The first-order valence-electron chi connectivity index (χ1n) is 5.62. The molecule has 4 heteroatoms. The predicted octanol–water partition coefficient (Wildman–Crippen LogP) is 1.44. The number of anilines is 1. The highest BCUT2D eigenvalue weighted by molar-refractivity contribution is 5.48. The Labute approximate surface area is 94.5 Å². The van der Waals surface area contributed by atoms with Crippen LogP contribution in [0.25, 0.3) is 0 Å². The Morgan fingerprint density at radius 2 is 2.31 bits per heavy atom. The molecule has 88 valence electrons. The minimum absolute atomic E-state index is 0.168. The van der Waals surface area contributed by atoms with Crippen LogP contribution in [0.1, 0.15) is 24.5 Å². The molecule has 1 aliphatic rings. The second-order valence-electron chi connectivity index (χ2n) is 4.32. The summed E-state index contributed by atoms with van der Waals surface area (Å²) in [6.45, 7) is 1.79. The highest BCUT2D eigenvalue weighted by Gasteiger charge is 2.24. The largest absolute Gasteiger partial charge is 0.398 e. The van der Waals surface area contributed by atoms with Gasteiger partial charge in [0.25, 0.3) is 0 Å². The fourth-order valence-electron chi connectivity index (χ4n) is 2.22. The zero-order valence-electron chi connectivity index (χ0n) is 9.12. The van der Waals surface area contributed by atoms with Crippen molar-refractivity contribution >= 4 is 5.69 Å². The van der Waals surface area contributed by atoms with Crippen LogP contribution in [0.5, 0.6) is 0 Å². The van der Waals surface area contributed by atoms with E-state index < -0.39 is 6.10 Å². The van der Waals surface area contributed by atoms with Crippen molar-refractivity contribution in [2.24, 2.45) is 5.92 Å². The topological polar surface area (TPSA) is 58.3 Å². The highest BCUT2D eigenvalue weighted by atomic mass is 19.1. The number of nitrogens with one attached hydrogen (secondary N) is 1.